The molecule has 0 saturated heterocycles. The number of amides is 1. The fraction of sp³-hybridized carbons (Fsp3) is 0.192. The maximum atomic E-state index is 12.5. The summed E-state index contributed by atoms with van der Waals surface area (Å²) in [6.45, 7) is 4.83. The minimum atomic E-state index is -0.0522. The molecule has 1 N–H and O–H groups in total. The highest BCUT2D eigenvalue weighted by Crippen LogP contribution is 2.24. The summed E-state index contributed by atoms with van der Waals surface area (Å²) >= 11 is 1.36. The Labute approximate surface area is 198 Å². The van der Waals surface area contributed by atoms with Crippen LogP contribution in [0.25, 0.3) is 5.69 Å². The molecule has 0 saturated carbocycles. The summed E-state index contributed by atoms with van der Waals surface area (Å²) in [6.07, 6.45) is 0. The summed E-state index contributed by atoms with van der Waals surface area (Å²) in [5.41, 5.74) is 4.25. The number of carbonyl (C=O) groups is 1. The fourth-order valence-corrected chi connectivity index (χ4v) is 4.17. The smallest absolute Gasteiger partial charge is 0.230 e. The summed E-state index contributed by atoms with van der Waals surface area (Å²) in [7, 11) is 0. The zero-order valence-electron chi connectivity index (χ0n) is 18.7. The van der Waals surface area contributed by atoms with E-state index in [-0.39, 0.29) is 18.3 Å². The number of hydrogen-bond acceptors (Lipinski definition) is 5. The molecule has 3 aromatic carbocycles. The number of ether oxygens (including phenoxy) is 1. The number of rotatable bonds is 9. The average Bonchev–Trinajstić information content (AvgIpc) is 3.25. The van der Waals surface area contributed by atoms with E-state index in [0.717, 1.165) is 28.1 Å². The van der Waals surface area contributed by atoms with Crippen LogP contribution in [0.1, 0.15) is 22.5 Å². The summed E-state index contributed by atoms with van der Waals surface area (Å²) in [5.74, 6) is 1.68. The first-order valence-electron chi connectivity index (χ1n) is 10.7. The van der Waals surface area contributed by atoms with Crippen LogP contribution in [0.3, 0.4) is 0 Å². The molecule has 168 valence electrons. The largest absolute Gasteiger partial charge is 0.485 e. The van der Waals surface area contributed by atoms with Gasteiger partial charge in [0.15, 0.2) is 11.0 Å². The van der Waals surface area contributed by atoms with Gasteiger partial charge in [-0.1, -0.05) is 72.4 Å². The molecule has 4 rings (SSSR count). The molecule has 0 spiro atoms. The third-order valence-electron chi connectivity index (χ3n) is 5.23. The molecule has 0 aliphatic rings. The van der Waals surface area contributed by atoms with E-state index in [1.54, 1.807) is 0 Å². The Kier molecular flexibility index (Phi) is 7.42. The van der Waals surface area contributed by atoms with Crippen LogP contribution in [0, 0.1) is 13.8 Å². The maximum absolute atomic E-state index is 12.5. The molecule has 0 unspecified atom stereocenters. The monoisotopic (exact) mass is 458 g/mol. The van der Waals surface area contributed by atoms with Crippen molar-refractivity contribution < 1.29 is 9.53 Å². The Hall–Kier alpha value is -3.58. The Balaban J connectivity index is 1.45. The van der Waals surface area contributed by atoms with E-state index in [1.165, 1.54) is 11.8 Å². The maximum Gasteiger partial charge on any atom is 0.230 e. The van der Waals surface area contributed by atoms with E-state index in [9.17, 15) is 4.79 Å². The van der Waals surface area contributed by atoms with E-state index in [1.807, 2.05) is 97.3 Å². The number of nitrogens with zero attached hydrogens (tertiary/aromatic N) is 3. The van der Waals surface area contributed by atoms with Crippen LogP contribution >= 0.6 is 11.8 Å². The Morgan fingerprint density at radius 2 is 1.61 bits per heavy atom. The van der Waals surface area contributed by atoms with Gasteiger partial charge in [0.1, 0.15) is 12.4 Å². The van der Waals surface area contributed by atoms with Gasteiger partial charge in [-0.2, -0.15) is 0 Å². The predicted octanol–water partition coefficient (Wildman–Crippen LogP) is 4.87. The van der Waals surface area contributed by atoms with Gasteiger partial charge in [-0.15, -0.1) is 10.2 Å². The van der Waals surface area contributed by atoms with Crippen molar-refractivity contribution in [1.82, 2.24) is 20.1 Å². The zero-order chi connectivity index (χ0) is 23.0. The predicted molar refractivity (Wildman–Crippen MR) is 131 cm³/mol. The van der Waals surface area contributed by atoms with Gasteiger partial charge in [0.25, 0.3) is 0 Å². The molecule has 1 heterocycles. The van der Waals surface area contributed by atoms with E-state index in [4.69, 9.17) is 4.74 Å². The summed E-state index contributed by atoms with van der Waals surface area (Å²) in [5, 5.41) is 12.3. The number of benzene rings is 3. The highest BCUT2D eigenvalue weighted by molar-refractivity contribution is 7.99. The molecule has 1 amide bonds. The first kappa shape index (κ1) is 22.6. The van der Waals surface area contributed by atoms with Gasteiger partial charge in [0, 0.05) is 12.2 Å². The highest BCUT2D eigenvalue weighted by atomic mass is 32.2. The standard InChI is InChI=1S/C26H26N4O2S/c1-19-10-6-8-12-21(19)16-27-25(31)18-33-26-29-28-24(30(26)22-13-4-3-5-14-22)17-32-23-15-9-7-11-20(23)2/h3-15H,16-18H2,1-2H3,(H,27,31). The SMILES string of the molecule is Cc1ccccc1CNC(=O)CSc1nnc(COc2ccccc2C)n1-c1ccccc1. The molecule has 33 heavy (non-hydrogen) atoms. The quantitative estimate of drug-likeness (QED) is 0.362. The molecule has 0 radical (unpaired) electrons. The molecule has 1 aromatic heterocycles. The fourth-order valence-electron chi connectivity index (χ4n) is 3.37. The number of aromatic nitrogens is 3. The number of nitrogens with one attached hydrogen (secondary N) is 1. The summed E-state index contributed by atoms with van der Waals surface area (Å²) in [6, 6.07) is 25.8. The first-order valence-corrected chi connectivity index (χ1v) is 11.7. The van der Waals surface area contributed by atoms with Crippen molar-refractivity contribution >= 4 is 17.7 Å². The van der Waals surface area contributed by atoms with Gasteiger partial charge in [0.2, 0.25) is 5.91 Å². The van der Waals surface area contributed by atoms with Crippen LogP contribution in [0.5, 0.6) is 5.75 Å². The lowest BCUT2D eigenvalue weighted by Crippen LogP contribution is -2.25. The van der Waals surface area contributed by atoms with Crippen molar-refractivity contribution in [2.45, 2.75) is 32.2 Å². The molecule has 0 bridgehead atoms. The molecule has 6 nitrogen and oxygen atoms in total. The van der Waals surface area contributed by atoms with E-state index >= 15 is 0 Å². The third kappa shape index (κ3) is 5.81. The number of thioether (sulfide) groups is 1. The molecule has 0 fully saturated rings. The van der Waals surface area contributed by atoms with Gasteiger partial charge < -0.3 is 10.1 Å². The molecule has 0 atom stereocenters. The lowest BCUT2D eigenvalue weighted by Gasteiger charge is -2.12. The third-order valence-corrected chi connectivity index (χ3v) is 6.16. The van der Waals surface area contributed by atoms with Crippen LogP contribution in [-0.2, 0) is 17.9 Å². The Morgan fingerprint density at radius 3 is 2.36 bits per heavy atom. The minimum absolute atomic E-state index is 0.0522. The Morgan fingerprint density at radius 1 is 0.909 bits per heavy atom. The van der Waals surface area contributed by atoms with E-state index < -0.39 is 0 Å². The second-order valence-corrected chi connectivity index (χ2v) is 8.56. The highest BCUT2D eigenvalue weighted by Gasteiger charge is 2.17. The molecule has 0 aliphatic carbocycles. The lowest BCUT2D eigenvalue weighted by molar-refractivity contribution is -0.118. The van der Waals surface area contributed by atoms with Crippen molar-refractivity contribution in [1.29, 1.82) is 0 Å². The van der Waals surface area contributed by atoms with Crippen LogP contribution in [0.2, 0.25) is 0 Å². The normalized spacial score (nSPS) is 10.7. The molecular weight excluding hydrogens is 432 g/mol. The van der Waals surface area contributed by atoms with Crippen molar-refractivity contribution in [3.05, 3.63) is 101 Å². The van der Waals surface area contributed by atoms with Crippen LogP contribution in [0.4, 0.5) is 0 Å². The number of carbonyl (C=O) groups excluding carboxylic acids is 1. The number of aryl methyl sites for hydroxylation is 2. The minimum Gasteiger partial charge on any atom is -0.485 e. The summed E-state index contributed by atoms with van der Waals surface area (Å²) < 4.78 is 7.95. The van der Waals surface area contributed by atoms with E-state index in [2.05, 4.69) is 15.5 Å². The van der Waals surface area contributed by atoms with Crippen molar-refractivity contribution in [2.24, 2.45) is 0 Å². The van der Waals surface area contributed by atoms with Crippen molar-refractivity contribution in [3.8, 4) is 11.4 Å². The number of hydrogen-bond donors (Lipinski definition) is 1. The van der Waals surface area contributed by atoms with E-state index in [0.29, 0.717) is 17.5 Å². The van der Waals surface area contributed by atoms with Gasteiger partial charge in [-0.05, 0) is 48.7 Å². The average molecular weight is 459 g/mol. The molecule has 7 heteroatoms. The second-order valence-electron chi connectivity index (χ2n) is 7.62. The summed E-state index contributed by atoms with van der Waals surface area (Å²) in [4.78, 5) is 12.5. The Bertz CT molecular complexity index is 1220. The zero-order valence-corrected chi connectivity index (χ0v) is 19.5. The van der Waals surface area contributed by atoms with Crippen LogP contribution in [0.15, 0.2) is 84.0 Å². The molecular formula is C26H26N4O2S. The number of para-hydroxylation sites is 2. The molecule has 4 aromatic rings. The topological polar surface area (TPSA) is 69.0 Å². The van der Waals surface area contributed by atoms with Gasteiger partial charge in [-0.3, -0.25) is 9.36 Å². The van der Waals surface area contributed by atoms with Crippen LogP contribution < -0.4 is 10.1 Å². The van der Waals surface area contributed by atoms with Crippen molar-refractivity contribution in [2.75, 3.05) is 5.75 Å². The lowest BCUT2D eigenvalue weighted by atomic mass is 10.1. The second kappa shape index (κ2) is 10.8. The first-order chi connectivity index (χ1) is 16.1. The molecule has 0 aliphatic heterocycles. The van der Waals surface area contributed by atoms with Gasteiger partial charge >= 0.3 is 0 Å². The van der Waals surface area contributed by atoms with Crippen molar-refractivity contribution in [3.63, 3.8) is 0 Å². The van der Waals surface area contributed by atoms with Gasteiger partial charge in [0.05, 0.1) is 5.75 Å². The van der Waals surface area contributed by atoms with Gasteiger partial charge in [-0.25, -0.2) is 0 Å². The van der Waals surface area contributed by atoms with Crippen LogP contribution in [-0.4, -0.2) is 26.4 Å².